The Kier molecular flexibility index (Phi) is 9.87. The summed E-state index contributed by atoms with van der Waals surface area (Å²) in [5, 5.41) is 6.38. The first kappa shape index (κ1) is 24.4. The predicted molar refractivity (Wildman–Crippen MR) is 108 cm³/mol. The van der Waals surface area contributed by atoms with Crippen molar-refractivity contribution in [3.8, 4) is 0 Å². The molecule has 170 valence electrons. The third-order valence-corrected chi connectivity index (χ3v) is 5.33. The van der Waals surface area contributed by atoms with Gasteiger partial charge in [0.05, 0.1) is 12.7 Å². The quantitative estimate of drug-likeness (QED) is 0.557. The largest absolute Gasteiger partial charge is 0.522 e. The Morgan fingerprint density at radius 2 is 2.03 bits per heavy atom. The minimum Gasteiger partial charge on any atom is -0.380 e. The van der Waals surface area contributed by atoms with Crippen molar-refractivity contribution >= 4 is 6.03 Å². The van der Waals surface area contributed by atoms with Crippen LogP contribution in [0.5, 0.6) is 0 Å². The Hall–Kier alpha value is -1.84. The predicted octanol–water partition coefficient (Wildman–Crippen LogP) is 3.50. The fourth-order valence-corrected chi connectivity index (χ4v) is 3.77. The molecule has 0 aromatic heterocycles. The van der Waals surface area contributed by atoms with E-state index in [4.69, 9.17) is 4.74 Å². The number of urea groups is 1. The Labute approximate surface area is 176 Å². The second-order valence-corrected chi connectivity index (χ2v) is 7.40. The maximum absolute atomic E-state index is 12.3. The molecule has 0 radical (unpaired) electrons. The molecule has 0 spiro atoms. The zero-order chi connectivity index (χ0) is 22.0. The van der Waals surface area contributed by atoms with Crippen molar-refractivity contribution in [2.75, 3.05) is 39.9 Å². The van der Waals surface area contributed by atoms with Crippen molar-refractivity contribution in [2.24, 2.45) is 0 Å². The van der Waals surface area contributed by atoms with Crippen LogP contribution in [-0.2, 0) is 9.47 Å². The Balaban J connectivity index is 1.92. The maximum Gasteiger partial charge on any atom is 0.522 e. The number of ether oxygens (including phenoxy) is 2. The molecule has 2 amide bonds. The van der Waals surface area contributed by atoms with Crippen LogP contribution in [0.1, 0.15) is 37.7 Å². The Morgan fingerprint density at radius 1 is 1.30 bits per heavy atom. The van der Waals surface area contributed by atoms with Crippen molar-refractivity contribution in [1.29, 1.82) is 0 Å². The average molecular weight is 431 g/mol. The van der Waals surface area contributed by atoms with E-state index in [-0.39, 0.29) is 37.1 Å². The third-order valence-electron chi connectivity index (χ3n) is 5.33. The van der Waals surface area contributed by atoms with E-state index in [1.165, 1.54) is 0 Å². The number of likely N-dealkylation sites (tertiary alicyclic amines) is 1. The van der Waals surface area contributed by atoms with Crippen LogP contribution in [0.4, 0.5) is 18.0 Å². The van der Waals surface area contributed by atoms with Gasteiger partial charge in [0.2, 0.25) is 0 Å². The van der Waals surface area contributed by atoms with Crippen molar-refractivity contribution < 1.29 is 27.4 Å². The van der Waals surface area contributed by atoms with Crippen LogP contribution in [0.2, 0.25) is 0 Å². The van der Waals surface area contributed by atoms with Gasteiger partial charge in [0.25, 0.3) is 0 Å². The van der Waals surface area contributed by atoms with Gasteiger partial charge in [-0.15, -0.1) is 13.2 Å². The molecule has 1 fully saturated rings. The molecule has 3 atom stereocenters. The average Bonchev–Trinajstić information content (AvgIpc) is 2.73. The van der Waals surface area contributed by atoms with Crippen molar-refractivity contribution in [2.45, 2.75) is 50.6 Å². The molecule has 1 unspecified atom stereocenters. The fraction of sp³-hybridized carbons (Fsp3) is 0.667. The normalized spacial score (nSPS) is 20.8. The number of rotatable bonds is 10. The van der Waals surface area contributed by atoms with Crippen LogP contribution in [0.25, 0.3) is 0 Å². The molecule has 6 nitrogen and oxygen atoms in total. The molecule has 0 aliphatic carbocycles. The van der Waals surface area contributed by atoms with Crippen LogP contribution in [0.15, 0.2) is 30.3 Å². The molecule has 1 heterocycles. The fourth-order valence-electron chi connectivity index (χ4n) is 3.77. The van der Waals surface area contributed by atoms with E-state index in [0.717, 1.165) is 12.0 Å². The summed E-state index contributed by atoms with van der Waals surface area (Å²) in [6.07, 6.45) is -3.30. The number of nitrogens with one attached hydrogen (secondary N) is 2. The first-order valence-electron chi connectivity index (χ1n) is 10.4. The number of benzene rings is 1. The van der Waals surface area contributed by atoms with Gasteiger partial charge in [0, 0.05) is 45.2 Å². The van der Waals surface area contributed by atoms with Crippen molar-refractivity contribution in [3.63, 3.8) is 0 Å². The van der Waals surface area contributed by atoms with Gasteiger partial charge in [0.1, 0.15) is 0 Å². The SMILES string of the molecule is CCNC(=O)N1CC[C@@H](NCC(CCCOC(F)(F)F)OC)[C@@H](c2ccccc2)C1. The highest BCUT2D eigenvalue weighted by atomic mass is 19.4. The number of hydrogen-bond acceptors (Lipinski definition) is 4. The van der Waals surface area contributed by atoms with Gasteiger partial charge in [-0.1, -0.05) is 30.3 Å². The van der Waals surface area contributed by atoms with Crippen LogP contribution in [0.3, 0.4) is 0 Å². The number of piperidine rings is 1. The summed E-state index contributed by atoms with van der Waals surface area (Å²) in [6, 6.07) is 10.1. The first-order chi connectivity index (χ1) is 14.3. The van der Waals surface area contributed by atoms with Gasteiger partial charge >= 0.3 is 12.4 Å². The molecule has 1 aromatic rings. The molecule has 1 aliphatic heterocycles. The highest BCUT2D eigenvalue weighted by molar-refractivity contribution is 5.74. The monoisotopic (exact) mass is 431 g/mol. The number of nitrogens with zero attached hydrogens (tertiary/aromatic N) is 1. The number of methoxy groups -OCH3 is 1. The number of halogens is 3. The molecule has 2 N–H and O–H groups in total. The lowest BCUT2D eigenvalue weighted by molar-refractivity contribution is -0.324. The lowest BCUT2D eigenvalue weighted by Gasteiger charge is -2.39. The van der Waals surface area contributed by atoms with Gasteiger partial charge in [-0.3, -0.25) is 4.74 Å². The lowest BCUT2D eigenvalue weighted by atomic mass is 9.86. The summed E-state index contributed by atoms with van der Waals surface area (Å²) in [6.45, 7) is 3.87. The highest BCUT2D eigenvalue weighted by Gasteiger charge is 2.32. The van der Waals surface area contributed by atoms with Gasteiger partial charge in [0.15, 0.2) is 0 Å². The lowest BCUT2D eigenvalue weighted by Crippen LogP contribution is -2.53. The highest BCUT2D eigenvalue weighted by Crippen LogP contribution is 2.27. The summed E-state index contributed by atoms with van der Waals surface area (Å²) in [4.78, 5) is 14.1. The summed E-state index contributed by atoms with van der Waals surface area (Å²) >= 11 is 0. The summed E-state index contributed by atoms with van der Waals surface area (Å²) in [7, 11) is 1.56. The molecule has 0 bridgehead atoms. The van der Waals surface area contributed by atoms with E-state index in [9.17, 15) is 18.0 Å². The molecule has 2 rings (SSSR count). The van der Waals surface area contributed by atoms with Gasteiger partial charge in [-0.25, -0.2) is 4.79 Å². The van der Waals surface area contributed by atoms with Crippen molar-refractivity contribution in [3.05, 3.63) is 35.9 Å². The zero-order valence-corrected chi connectivity index (χ0v) is 17.6. The summed E-state index contributed by atoms with van der Waals surface area (Å²) in [5.41, 5.74) is 1.15. The zero-order valence-electron chi connectivity index (χ0n) is 17.6. The summed E-state index contributed by atoms with van der Waals surface area (Å²) in [5.74, 6) is 0.119. The molecule has 1 saturated heterocycles. The minimum atomic E-state index is -4.60. The molecule has 1 aromatic carbocycles. The van der Waals surface area contributed by atoms with E-state index in [0.29, 0.717) is 32.6 Å². The van der Waals surface area contributed by atoms with Gasteiger partial charge < -0.3 is 20.3 Å². The Bertz CT molecular complexity index is 631. The van der Waals surface area contributed by atoms with Crippen molar-refractivity contribution in [1.82, 2.24) is 15.5 Å². The smallest absolute Gasteiger partial charge is 0.380 e. The molecular formula is C21H32F3N3O3. The molecule has 9 heteroatoms. The van der Waals surface area contributed by atoms with Crippen LogP contribution in [0, 0.1) is 0 Å². The van der Waals surface area contributed by atoms with E-state index >= 15 is 0 Å². The van der Waals surface area contributed by atoms with E-state index in [1.807, 2.05) is 30.0 Å². The van der Waals surface area contributed by atoms with Gasteiger partial charge in [-0.2, -0.15) is 0 Å². The number of alkyl halides is 3. The number of carbonyl (C=O) groups excluding carboxylic acids is 1. The molecule has 30 heavy (non-hydrogen) atoms. The number of amides is 2. The number of hydrogen-bond donors (Lipinski definition) is 2. The topological polar surface area (TPSA) is 62.8 Å². The van der Waals surface area contributed by atoms with Gasteiger partial charge in [-0.05, 0) is 31.7 Å². The number of carbonyl (C=O) groups is 1. The first-order valence-corrected chi connectivity index (χ1v) is 10.4. The molecular weight excluding hydrogens is 399 g/mol. The maximum atomic E-state index is 12.3. The third kappa shape index (κ3) is 8.12. The van der Waals surface area contributed by atoms with E-state index in [1.54, 1.807) is 7.11 Å². The van der Waals surface area contributed by atoms with Crippen LogP contribution in [-0.4, -0.2) is 69.3 Å². The van der Waals surface area contributed by atoms with Crippen LogP contribution < -0.4 is 10.6 Å². The molecule has 1 aliphatic rings. The molecule has 0 saturated carbocycles. The summed E-state index contributed by atoms with van der Waals surface area (Å²) < 4.78 is 45.5. The van der Waals surface area contributed by atoms with E-state index < -0.39 is 6.36 Å². The minimum absolute atomic E-state index is 0.0590. The van der Waals surface area contributed by atoms with E-state index in [2.05, 4.69) is 27.5 Å². The second-order valence-electron chi connectivity index (χ2n) is 7.40. The second kappa shape index (κ2) is 12.1. The van der Waals surface area contributed by atoms with Crippen LogP contribution >= 0.6 is 0 Å². The Morgan fingerprint density at radius 3 is 2.67 bits per heavy atom. The standard InChI is InChI=1S/C21H32F3N3O3/c1-3-25-20(28)27-12-11-19(18(15-27)16-8-5-4-6-9-16)26-14-17(29-2)10-7-13-30-21(22,23)24/h4-6,8-9,17-19,26H,3,7,10-15H2,1-2H3,(H,25,28)/t17?,18-,19-/m1/s1.